The van der Waals surface area contributed by atoms with Crippen molar-refractivity contribution >= 4 is 28.0 Å². The molecule has 1 aromatic carbocycles. The van der Waals surface area contributed by atoms with E-state index in [1.807, 2.05) is 13.0 Å². The Balaban J connectivity index is 2.09. The lowest BCUT2D eigenvalue weighted by Gasteiger charge is -2.14. The quantitative estimate of drug-likeness (QED) is 0.518. The van der Waals surface area contributed by atoms with E-state index in [1.165, 1.54) is 0 Å². The lowest BCUT2D eigenvalue weighted by molar-refractivity contribution is 0.0663. The first-order chi connectivity index (χ1) is 13.9. The molecule has 0 radical (unpaired) electrons. The fourth-order valence-corrected chi connectivity index (χ4v) is 3.27. The van der Waals surface area contributed by atoms with Crippen molar-refractivity contribution in [2.24, 2.45) is 0 Å². The number of carbonyl (C=O) groups excluding carboxylic acids is 1. The number of methoxy groups -OCH3 is 1. The summed E-state index contributed by atoms with van der Waals surface area (Å²) in [5.74, 6) is 0.187. The first-order valence-corrected chi connectivity index (χ1v) is 9.86. The average Bonchev–Trinajstić information content (AvgIpc) is 3.05. The Kier molecular flexibility index (Phi) is 6.71. The van der Waals surface area contributed by atoms with Gasteiger partial charge >= 0.3 is 6.16 Å². The number of aromatic amines is 1. The second-order valence-corrected chi connectivity index (χ2v) is 7.23. The lowest BCUT2D eigenvalue weighted by Crippen LogP contribution is -2.17. The molecule has 3 rings (SSSR count). The zero-order valence-corrected chi connectivity index (χ0v) is 17.6. The van der Waals surface area contributed by atoms with Crippen LogP contribution in [0.2, 0.25) is 0 Å². The van der Waals surface area contributed by atoms with Crippen LogP contribution in [0.3, 0.4) is 0 Å². The molecular weight excluding hydrogens is 372 g/mol. The minimum absolute atomic E-state index is 0.0197. The SMILES string of the molecule is CCCOC(C)c1ccc2[nH]c3cnc(OC(=O)OC(C)C)c(COC)c3c2c1. The van der Waals surface area contributed by atoms with Crippen LogP contribution in [0.1, 0.15) is 51.3 Å². The number of fused-ring (bicyclic) bond motifs is 3. The van der Waals surface area contributed by atoms with E-state index < -0.39 is 6.16 Å². The highest BCUT2D eigenvalue weighted by atomic mass is 16.7. The van der Waals surface area contributed by atoms with Crippen molar-refractivity contribution in [2.75, 3.05) is 13.7 Å². The van der Waals surface area contributed by atoms with Crippen LogP contribution in [0.25, 0.3) is 21.8 Å². The van der Waals surface area contributed by atoms with Gasteiger partial charge in [-0.15, -0.1) is 0 Å². The number of nitrogens with zero attached hydrogens (tertiary/aromatic N) is 1. The van der Waals surface area contributed by atoms with Gasteiger partial charge in [-0.1, -0.05) is 13.0 Å². The molecule has 0 aliphatic heterocycles. The normalized spacial score (nSPS) is 12.6. The van der Waals surface area contributed by atoms with E-state index >= 15 is 0 Å². The number of ether oxygens (including phenoxy) is 4. The Morgan fingerprint density at radius 3 is 2.69 bits per heavy atom. The van der Waals surface area contributed by atoms with Crippen molar-refractivity contribution in [3.8, 4) is 5.88 Å². The predicted molar refractivity (Wildman–Crippen MR) is 111 cm³/mol. The number of aromatic nitrogens is 2. The summed E-state index contributed by atoms with van der Waals surface area (Å²) in [6.45, 7) is 8.61. The molecular formula is C22H28N2O5. The fourth-order valence-electron chi connectivity index (χ4n) is 3.27. The maximum absolute atomic E-state index is 12.0. The van der Waals surface area contributed by atoms with E-state index in [-0.39, 0.29) is 24.7 Å². The van der Waals surface area contributed by atoms with Gasteiger partial charge in [0, 0.05) is 30.0 Å². The smallest absolute Gasteiger partial charge is 0.431 e. The van der Waals surface area contributed by atoms with E-state index in [0.29, 0.717) is 12.2 Å². The van der Waals surface area contributed by atoms with E-state index in [2.05, 4.69) is 29.0 Å². The van der Waals surface area contributed by atoms with Crippen LogP contribution >= 0.6 is 0 Å². The molecule has 1 unspecified atom stereocenters. The number of nitrogens with one attached hydrogen (secondary N) is 1. The number of hydrogen-bond donors (Lipinski definition) is 1. The molecule has 1 N–H and O–H groups in total. The number of carbonyl (C=O) groups is 1. The predicted octanol–water partition coefficient (Wildman–Crippen LogP) is 5.27. The van der Waals surface area contributed by atoms with Crippen LogP contribution in [0, 0.1) is 0 Å². The number of rotatable bonds is 8. The molecule has 0 bridgehead atoms. The molecule has 7 nitrogen and oxygen atoms in total. The molecule has 0 aliphatic carbocycles. The molecule has 0 aliphatic rings. The van der Waals surface area contributed by atoms with Crippen LogP contribution in [0.4, 0.5) is 4.79 Å². The largest absolute Gasteiger partial charge is 0.515 e. The number of H-pyrrole nitrogens is 1. The fraction of sp³-hybridized carbons (Fsp3) is 0.455. The molecule has 2 aromatic heterocycles. The molecule has 0 saturated carbocycles. The van der Waals surface area contributed by atoms with E-state index in [9.17, 15) is 4.79 Å². The first-order valence-electron chi connectivity index (χ1n) is 9.86. The molecule has 0 spiro atoms. The third kappa shape index (κ3) is 4.68. The minimum atomic E-state index is -0.786. The topological polar surface area (TPSA) is 82.7 Å². The third-order valence-corrected chi connectivity index (χ3v) is 4.56. The summed E-state index contributed by atoms with van der Waals surface area (Å²) in [4.78, 5) is 19.7. The standard InChI is InChI=1S/C22H28N2O5/c1-6-9-27-14(4)15-7-8-18-16(10-15)20-17(12-26-5)21(23-11-19(20)24-18)29-22(25)28-13(2)3/h7-8,10-11,13-14,24H,6,9,12H2,1-5H3. The highest BCUT2D eigenvalue weighted by Gasteiger charge is 2.20. The van der Waals surface area contributed by atoms with Gasteiger partial charge in [-0.3, -0.25) is 0 Å². The highest BCUT2D eigenvalue weighted by molar-refractivity contribution is 6.09. The van der Waals surface area contributed by atoms with Crippen molar-refractivity contribution < 1.29 is 23.7 Å². The molecule has 0 fully saturated rings. The van der Waals surface area contributed by atoms with Crippen LogP contribution < -0.4 is 4.74 Å². The molecule has 0 saturated heterocycles. The summed E-state index contributed by atoms with van der Waals surface area (Å²) in [5, 5.41) is 1.91. The molecule has 1 atom stereocenters. The lowest BCUT2D eigenvalue weighted by atomic mass is 10.0. The van der Waals surface area contributed by atoms with Crippen molar-refractivity contribution in [2.45, 2.75) is 52.9 Å². The summed E-state index contributed by atoms with van der Waals surface area (Å²) in [6, 6.07) is 6.18. The van der Waals surface area contributed by atoms with Crippen molar-refractivity contribution in [3.05, 3.63) is 35.5 Å². The van der Waals surface area contributed by atoms with E-state index in [4.69, 9.17) is 18.9 Å². The zero-order valence-electron chi connectivity index (χ0n) is 17.6. The van der Waals surface area contributed by atoms with E-state index in [1.54, 1.807) is 27.2 Å². The van der Waals surface area contributed by atoms with E-state index in [0.717, 1.165) is 33.8 Å². The molecule has 0 amide bonds. The van der Waals surface area contributed by atoms with Gasteiger partial charge in [0.15, 0.2) is 0 Å². The summed E-state index contributed by atoms with van der Waals surface area (Å²) in [7, 11) is 1.59. The van der Waals surface area contributed by atoms with Crippen LogP contribution in [-0.4, -0.2) is 35.9 Å². The summed E-state index contributed by atoms with van der Waals surface area (Å²) in [5.41, 5.74) is 3.58. The van der Waals surface area contributed by atoms with Gasteiger partial charge in [-0.2, -0.15) is 0 Å². The van der Waals surface area contributed by atoms with Crippen LogP contribution in [0.15, 0.2) is 24.4 Å². The van der Waals surface area contributed by atoms with Gasteiger partial charge in [-0.25, -0.2) is 9.78 Å². The van der Waals surface area contributed by atoms with Gasteiger partial charge in [0.05, 0.1) is 36.1 Å². The Bertz CT molecular complexity index is 996. The Morgan fingerprint density at radius 2 is 2.00 bits per heavy atom. The van der Waals surface area contributed by atoms with Crippen molar-refractivity contribution in [1.29, 1.82) is 0 Å². The summed E-state index contributed by atoms with van der Waals surface area (Å²) in [6.07, 6.45) is 1.54. The zero-order chi connectivity index (χ0) is 21.0. The molecule has 3 aromatic rings. The monoisotopic (exact) mass is 400 g/mol. The van der Waals surface area contributed by atoms with Crippen LogP contribution in [-0.2, 0) is 20.8 Å². The third-order valence-electron chi connectivity index (χ3n) is 4.56. The average molecular weight is 400 g/mol. The molecule has 7 heteroatoms. The van der Waals surface area contributed by atoms with Gasteiger partial charge in [0.1, 0.15) is 0 Å². The molecule has 156 valence electrons. The van der Waals surface area contributed by atoms with Crippen molar-refractivity contribution in [1.82, 2.24) is 9.97 Å². The second-order valence-electron chi connectivity index (χ2n) is 7.23. The van der Waals surface area contributed by atoms with Crippen molar-refractivity contribution in [3.63, 3.8) is 0 Å². The van der Waals surface area contributed by atoms with Gasteiger partial charge in [0.2, 0.25) is 5.88 Å². The summed E-state index contributed by atoms with van der Waals surface area (Å²) < 4.78 is 21.7. The van der Waals surface area contributed by atoms with Gasteiger partial charge in [-0.05, 0) is 44.9 Å². The highest BCUT2D eigenvalue weighted by Crippen LogP contribution is 2.34. The number of pyridine rings is 1. The van der Waals surface area contributed by atoms with Crippen LogP contribution in [0.5, 0.6) is 5.88 Å². The first kappa shape index (κ1) is 21.1. The maximum atomic E-state index is 12.0. The minimum Gasteiger partial charge on any atom is -0.431 e. The molecule has 29 heavy (non-hydrogen) atoms. The molecule has 2 heterocycles. The van der Waals surface area contributed by atoms with Gasteiger partial charge < -0.3 is 23.9 Å². The number of benzene rings is 1. The maximum Gasteiger partial charge on any atom is 0.515 e. The Morgan fingerprint density at radius 1 is 1.21 bits per heavy atom. The Labute approximate surface area is 170 Å². The van der Waals surface area contributed by atoms with Gasteiger partial charge in [0.25, 0.3) is 0 Å². The summed E-state index contributed by atoms with van der Waals surface area (Å²) >= 11 is 0. The Hall–Kier alpha value is -2.64. The number of hydrogen-bond acceptors (Lipinski definition) is 6. The second kappa shape index (κ2) is 9.24.